The Balaban J connectivity index is 2.44. The second-order valence-electron chi connectivity index (χ2n) is 3.55. The van der Waals surface area contributed by atoms with Crippen molar-refractivity contribution < 1.29 is 9.84 Å². The second kappa shape index (κ2) is 3.97. The average molecular weight is 222 g/mol. The topological polar surface area (TPSA) is 65.1 Å². The third kappa shape index (κ3) is 1.57. The molecule has 0 fully saturated rings. The lowest BCUT2D eigenvalue weighted by molar-refractivity contribution is 0.196. The molecule has 1 atom stereocenters. The fourth-order valence-corrected chi connectivity index (χ4v) is 1.67. The van der Waals surface area contributed by atoms with Crippen molar-refractivity contribution in [3.63, 3.8) is 0 Å². The lowest BCUT2D eigenvalue weighted by Crippen LogP contribution is -2.11. The number of aromatic nitrogens is 4. The highest BCUT2D eigenvalue weighted by atomic mass is 16.5. The predicted molar refractivity (Wildman–Crippen MR) is 57.0 cm³/mol. The molecule has 0 bridgehead atoms. The van der Waals surface area contributed by atoms with Crippen LogP contribution in [0.1, 0.15) is 17.5 Å². The lowest BCUT2D eigenvalue weighted by Gasteiger charge is -2.13. The van der Waals surface area contributed by atoms with E-state index >= 15 is 0 Å². The summed E-state index contributed by atoms with van der Waals surface area (Å²) in [7, 11) is 5.14. The van der Waals surface area contributed by atoms with Crippen LogP contribution >= 0.6 is 0 Å². The Bertz CT molecular complexity index is 489. The number of imidazole rings is 1. The first-order valence-electron chi connectivity index (χ1n) is 4.85. The Morgan fingerprint density at radius 1 is 1.38 bits per heavy atom. The van der Waals surface area contributed by atoms with E-state index in [0.717, 1.165) is 0 Å². The van der Waals surface area contributed by atoms with Crippen molar-refractivity contribution in [1.29, 1.82) is 0 Å². The van der Waals surface area contributed by atoms with Gasteiger partial charge in [-0.25, -0.2) is 4.98 Å². The van der Waals surface area contributed by atoms with Crippen LogP contribution in [-0.4, -0.2) is 31.5 Å². The molecule has 6 heteroatoms. The van der Waals surface area contributed by atoms with Crippen LogP contribution < -0.4 is 4.74 Å². The number of hydrogen-bond donors (Lipinski definition) is 1. The molecule has 6 nitrogen and oxygen atoms in total. The highest BCUT2D eigenvalue weighted by molar-refractivity contribution is 5.31. The van der Waals surface area contributed by atoms with Crippen molar-refractivity contribution in [3.8, 4) is 5.75 Å². The van der Waals surface area contributed by atoms with Gasteiger partial charge < -0.3 is 14.4 Å². The summed E-state index contributed by atoms with van der Waals surface area (Å²) >= 11 is 0. The minimum Gasteiger partial charge on any atom is -0.493 e. The van der Waals surface area contributed by atoms with Crippen molar-refractivity contribution >= 4 is 0 Å². The van der Waals surface area contributed by atoms with Crippen molar-refractivity contribution in [2.75, 3.05) is 7.11 Å². The van der Waals surface area contributed by atoms with Crippen LogP contribution in [0.15, 0.2) is 18.7 Å². The Morgan fingerprint density at radius 2 is 2.12 bits per heavy atom. The molecular weight excluding hydrogens is 208 g/mol. The number of hydrogen-bond acceptors (Lipinski definition) is 4. The number of aryl methyl sites for hydroxylation is 2. The molecule has 0 saturated carbocycles. The van der Waals surface area contributed by atoms with Crippen molar-refractivity contribution in [2.24, 2.45) is 14.1 Å². The van der Waals surface area contributed by atoms with E-state index in [1.54, 1.807) is 42.1 Å². The molecule has 0 aliphatic rings. The molecular formula is C10H14N4O2. The van der Waals surface area contributed by atoms with E-state index in [4.69, 9.17) is 4.74 Å². The standard InChI is InChI=1S/C10H14N4O2/c1-13-6-11-4-7(13)10(15)9-8(16-3)5-12-14(9)2/h4-6,10,15H,1-3H3. The maximum Gasteiger partial charge on any atom is 0.163 e. The van der Waals surface area contributed by atoms with E-state index in [2.05, 4.69) is 10.1 Å². The van der Waals surface area contributed by atoms with Gasteiger partial charge in [0.25, 0.3) is 0 Å². The Labute approximate surface area is 93.1 Å². The summed E-state index contributed by atoms with van der Waals surface area (Å²) in [5.74, 6) is 0.566. The van der Waals surface area contributed by atoms with Crippen molar-refractivity contribution in [1.82, 2.24) is 19.3 Å². The zero-order valence-electron chi connectivity index (χ0n) is 9.45. The number of methoxy groups -OCH3 is 1. The zero-order valence-corrected chi connectivity index (χ0v) is 9.45. The van der Waals surface area contributed by atoms with Crippen LogP contribution in [0.3, 0.4) is 0 Å². The van der Waals surface area contributed by atoms with Gasteiger partial charge in [0, 0.05) is 14.1 Å². The molecule has 2 aromatic heterocycles. The first-order valence-corrected chi connectivity index (χ1v) is 4.85. The van der Waals surface area contributed by atoms with Gasteiger partial charge in [0.15, 0.2) is 5.75 Å². The molecule has 0 saturated heterocycles. The van der Waals surface area contributed by atoms with Crippen LogP contribution in [0.25, 0.3) is 0 Å². The maximum absolute atomic E-state index is 10.2. The molecule has 0 aromatic carbocycles. The van der Waals surface area contributed by atoms with Crippen LogP contribution in [0.2, 0.25) is 0 Å². The average Bonchev–Trinajstić information content (AvgIpc) is 2.83. The maximum atomic E-state index is 10.2. The molecule has 1 unspecified atom stereocenters. The van der Waals surface area contributed by atoms with Gasteiger partial charge in [0.1, 0.15) is 11.8 Å². The fraction of sp³-hybridized carbons (Fsp3) is 0.400. The first-order chi connectivity index (χ1) is 7.65. The molecule has 16 heavy (non-hydrogen) atoms. The molecule has 2 aromatic rings. The molecule has 0 aliphatic heterocycles. The van der Waals surface area contributed by atoms with E-state index in [9.17, 15) is 5.11 Å². The van der Waals surface area contributed by atoms with Gasteiger partial charge in [-0.05, 0) is 0 Å². The highest BCUT2D eigenvalue weighted by Gasteiger charge is 2.22. The summed E-state index contributed by atoms with van der Waals surface area (Å²) < 4.78 is 8.51. The quantitative estimate of drug-likeness (QED) is 0.808. The molecule has 0 radical (unpaired) electrons. The Hall–Kier alpha value is -1.82. The summed E-state index contributed by atoms with van der Waals surface area (Å²) in [6.07, 6.45) is 4.04. The summed E-state index contributed by atoms with van der Waals surface area (Å²) in [6, 6.07) is 0. The zero-order chi connectivity index (χ0) is 11.7. The van der Waals surface area contributed by atoms with Gasteiger partial charge in [-0.15, -0.1) is 0 Å². The predicted octanol–water partition coefficient (Wildman–Crippen LogP) is 0.244. The molecule has 2 rings (SSSR count). The highest BCUT2D eigenvalue weighted by Crippen LogP contribution is 2.28. The SMILES string of the molecule is COc1cnn(C)c1C(O)c1cncn1C. The van der Waals surface area contributed by atoms with E-state index in [0.29, 0.717) is 17.1 Å². The fourth-order valence-electron chi connectivity index (χ4n) is 1.67. The van der Waals surface area contributed by atoms with E-state index < -0.39 is 6.10 Å². The normalized spacial score (nSPS) is 12.8. The molecule has 0 spiro atoms. The summed E-state index contributed by atoms with van der Waals surface area (Å²) in [4.78, 5) is 3.97. The third-order valence-electron chi connectivity index (χ3n) is 2.56. The summed E-state index contributed by atoms with van der Waals surface area (Å²) in [5, 5.41) is 14.3. The Kier molecular flexibility index (Phi) is 2.66. The van der Waals surface area contributed by atoms with Crippen LogP contribution in [0, 0.1) is 0 Å². The third-order valence-corrected chi connectivity index (χ3v) is 2.56. The number of rotatable bonds is 3. The van der Waals surface area contributed by atoms with Crippen LogP contribution in [0.5, 0.6) is 5.75 Å². The van der Waals surface area contributed by atoms with Crippen molar-refractivity contribution in [2.45, 2.75) is 6.10 Å². The second-order valence-corrected chi connectivity index (χ2v) is 3.55. The van der Waals surface area contributed by atoms with E-state index in [1.807, 2.05) is 7.05 Å². The molecule has 1 N–H and O–H groups in total. The number of ether oxygens (including phenoxy) is 1. The van der Waals surface area contributed by atoms with Gasteiger partial charge in [-0.1, -0.05) is 0 Å². The molecule has 2 heterocycles. The summed E-state index contributed by atoms with van der Waals surface area (Å²) in [5.41, 5.74) is 1.31. The largest absolute Gasteiger partial charge is 0.493 e. The molecule has 86 valence electrons. The minimum atomic E-state index is -0.796. The number of aliphatic hydroxyl groups is 1. The number of nitrogens with zero attached hydrogens (tertiary/aromatic N) is 4. The van der Waals surface area contributed by atoms with Gasteiger partial charge in [-0.2, -0.15) is 5.10 Å². The van der Waals surface area contributed by atoms with Crippen LogP contribution in [0.4, 0.5) is 0 Å². The van der Waals surface area contributed by atoms with E-state index in [-0.39, 0.29) is 0 Å². The first kappa shape index (κ1) is 10.7. The van der Waals surface area contributed by atoms with Gasteiger partial charge >= 0.3 is 0 Å². The van der Waals surface area contributed by atoms with E-state index in [1.165, 1.54) is 0 Å². The smallest absolute Gasteiger partial charge is 0.163 e. The summed E-state index contributed by atoms with van der Waals surface area (Å²) in [6.45, 7) is 0. The lowest BCUT2D eigenvalue weighted by atomic mass is 10.2. The van der Waals surface area contributed by atoms with Gasteiger partial charge in [0.05, 0.1) is 31.5 Å². The van der Waals surface area contributed by atoms with Crippen LogP contribution in [-0.2, 0) is 14.1 Å². The monoisotopic (exact) mass is 222 g/mol. The minimum absolute atomic E-state index is 0.566. The van der Waals surface area contributed by atoms with Crippen molar-refractivity contribution in [3.05, 3.63) is 30.1 Å². The van der Waals surface area contributed by atoms with Gasteiger partial charge in [0.2, 0.25) is 0 Å². The number of aliphatic hydroxyl groups excluding tert-OH is 1. The molecule has 0 amide bonds. The molecule has 0 aliphatic carbocycles. The van der Waals surface area contributed by atoms with Gasteiger partial charge in [-0.3, -0.25) is 4.68 Å². The Morgan fingerprint density at radius 3 is 2.69 bits per heavy atom.